The number of esters is 1. The summed E-state index contributed by atoms with van der Waals surface area (Å²) in [6, 6.07) is 3.52. The second-order valence-electron chi connectivity index (χ2n) is 3.71. The van der Waals surface area contributed by atoms with E-state index < -0.39 is 5.97 Å². The van der Waals surface area contributed by atoms with Crippen molar-refractivity contribution in [1.29, 1.82) is 0 Å². The van der Waals surface area contributed by atoms with Gasteiger partial charge in [0, 0.05) is 13.8 Å². The molecule has 0 fully saturated rings. The Labute approximate surface area is 94.6 Å². The second-order valence-corrected chi connectivity index (χ2v) is 3.71. The van der Waals surface area contributed by atoms with Gasteiger partial charge in [-0.25, -0.2) is 0 Å². The molecule has 1 aromatic rings. The maximum absolute atomic E-state index is 11.0. The van der Waals surface area contributed by atoms with Crippen LogP contribution in [0.15, 0.2) is 12.1 Å². The first-order valence-electron chi connectivity index (χ1n) is 4.97. The van der Waals surface area contributed by atoms with Crippen molar-refractivity contribution in [3.63, 3.8) is 0 Å². The highest BCUT2D eigenvalue weighted by Crippen LogP contribution is 2.28. The summed E-state index contributed by atoms with van der Waals surface area (Å²) in [5.74, 6) is -0.225. The smallest absolute Gasteiger partial charge is 0.308 e. The zero-order valence-corrected chi connectivity index (χ0v) is 9.88. The Balaban J connectivity index is 3.15. The summed E-state index contributed by atoms with van der Waals surface area (Å²) in [6.45, 7) is 6.58. The van der Waals surface area contributed by atoms with Gasteiger partial charge in [0.1, 0.15) is 0 Å². The number of carbonyl (C=O) groups is 2. The Morgan fingerprint density at radius 1 is 1.12 bits per heavy atom. The maximum atomic E-state index is 11.0. The minimum Gasteiger partial charge on any atom is -0.424 e. The molecule has 0 aromatic heterocycles. The van der Waals surface area contributed by atoms with Crippen molar-refractivity contribution < 1.29 is 14.3 Å². The molecule has 4 heteroatoms. The number of hydrogen-bond acceptors (Lipinski definition) is 3. The summed E-state index contributed by atoms with van der Waals surface area (Å²) in [4.78, 5) is 21.9. The summed E-state index contributed by atoms with van der Waals surface area (Å²) < 4.78 is 5.03. The van der Waals surface area contributed by atoms with Crippen molar-refractivity contribution in [1.82, 2.24) is 0 Å². The number of ether oxygens (including phenoxy) is 1. The van der Waals surface area contributed by atoms with Crippen LogP contribution in [-0.2, 0) is 9.59 Å². The molecule has 1 amide bonds. The minimum absolute atomic E-state index is 0.198. The van der Waals surface area contributed by atoms with Crippen molar-refractivity contribution in [3.8, 4) is 5.75 Å². The van der Waals surface area contributed by atoms with Gasteiger partial charge in [-0.15, -0.1) is 0 Å². The average molecular weight is 221 g/mol. The van der Waals surface area contributed by atoms with E-state index in [9.17, 15) is 9.59 Å². The molecule has 0 heterocycles. The number of nitrogens with one attached hydrogen (secondary N) is 1. The standard InChI is InChI=1S/C12H15NO3/c1-7-5-11(13-9(3)14)12(6-8(7)2)16-10(4)15/h5-6H,1-4H3,(H,13,14). The fourth-order valence-corrected chi connectivity index (χ4v) is 1.32. The van der Waals surface area contributed by atoms with Crippen LogP contribution in [-0.4, -0.2) is 11.9 Å². The van der Waals surface area contributed by atoms with Gasteiger partial charge in [-0.1, -0.05) is 0 Å². The predicted molar refractivity (Wildman–Crippen MR) is 61.5 cm³/mol. The van der Waals surface area contributed by atoms with E-state index in [4.69, 9.17) is 4.74 Å². The van der Waals surface area contributed by atoms with Crippen LogP contribution >= 0.6 is 0 Å². The molecular formula is C12H15NO3. The summed E-state index contributed by atoms with van der Waals surface area (Å²) in [5, 5.41) is 2.63. The molecule has 0 saturated heterocycles. The van der Waals surface area contributed by atoms with Gasteiger partial charge in [-0.05, 0) is 37.1 Å². The minimum atomic E-state index is -0.408. The molecule has 0 aliphatic rings. The largest absolute Gasteiger partial charge is 0.424 e. The molecule has 0 aliphatic heterocycles. The van der Waals surface area contributed by atoms with Gasteiger partial charge in [-0.2, -0.15) is 0 Å². The molecule has 1 rings (SSSR count). The van der Waals surface area contributed by atoms with Crippen LogP contribution in [0.4, 0.5) is 5.69 Å². The lowest BCUT2D eigenvalue weighted by Crippen LogP contribution is -2.10. The number of hydrogen-bond donors (Lipinski definition) is 1. The Morgan fingerprint density at radius 2 is 1.69 bits per heavy atom. The monoisotopic (exact) mass is 221 g/mol. The summed E-state index contributed by atoms with van der Waals surface area (Å²) in [6.07, 6.45) is 0. The fraction of sp³-hybridized carbons (Fsp3) is 0.333. The van der Waals surface area contributed by atoms with E-state index in [1.165, 1.54) is 13.8 Å². The highest BCUT2D eigenvalue weighted by atomic mass is 16.5. The van der Waals surface area contributed by atoms with Gasteiger partial charge in [0.25, 0.3) is 0 Å². The van der Waals surface area contributed by atoms with Gasteiger partial charge in [0.2, 0.25) is 5.91 Å². The number of rotatable bonds is 2. The third-order valence-corrected chi connectivity index (χ3v) is 2.16. The second kappa shape index (κ2) is 4.79. The zero-order valence-electron chi connectivity index (χ0n) is 9.88. The number of aryl methyl sites for hydroxylation is 2. The zero-order chi connectivity index (χ0) is 12.3. The number of carbonyl (C=O) groups excluding carboxylic acids is 2. The van der Waals surface area contributed by atoms with Gasteiger partial charge < -0.3 is 10.1 Å². The Bertz CT molecular complexity index is 397. The van der Waals surface area contributed by atoms with Crippen molar-refractivity contribution >= 4 is 17.6 Å². The number of benzene rings is 1. The molecule has 86 valence electrons. The fourth-order valence-electron chi connectivity index (χ4n) is 1.32. The summed E-state index contributed by atoms with van der Waals surface area (Å²) in [5.41, 5.74) is 2.55. The van der Waals surface area contributed by atoms with Crippen molar-refractivity contribution in [2.75, 3.05) is 5.32 Å². The Kier molecular flexibility index (Phi) is 3.66. The van der Waals surface area contributed by atoms with E-state index in [1.807, 2.05) is 13.8 Å². The van der Waals surface area contributed by atoms with Crippen LogP contribution in [0.2, 0.25) is 0 Å². The molecule has 0 aliphatic carbocycles. The molecule has 16 heavy (non-hydrogen) atoms. The average Bonchev–Trinajstić information content (AvgIpc) is 2.11. The van der Waals surface area contributed by atoms with E-state index >= 15 is 0 Å². The Hall–Kier alpha value is -1.84. The SMILES string of the molecule is CC(=O)Nc1cc(C)c(C)cc1OC(C)=O. The van der Waals surface area contributed by atoms with E-state index in [-0.39, 0.29) is 5.91 Å². The molecule has 1 N–H and O–H groups in total. The van der Waals surface area contributed by atoms with Gasteiger partial charge in [0.15, 0.2) is 5.75 Å². The van der Waals surface area contributed by atoms with Crippen LogP contribution in [0.1, 0.15) is 25.0 Å². The quantitative estimate of drug-likeness (QED) is 0.615. The molecular weight excluding hydrogens is 206 g/mol. The molecule has 0 unspecified atom stereocenters. The molecule has 0 bridgehead atoms. The lowest BCUT2D eigenvalue weighted by molar-refractivity contribution is -0.131. The van der Waals surface area contributed by atoms with Gasteiger partial charge in [0.05, 0.1) is 5.69 Å². The van der Waals surface area contributed by atoms with E-state index in [2.05, 4.69) is 5.32 Å². The first kappa shape index (κ1) is 12.2. The number of amides is 1. The normalized spacial score (nSPS) is 9.75. The molecule has 1 aromatic carbocycles. The lowest BCUT2D eigenvalue weighted by atomic mass is 10.1. The van der Waals surface area contributed by atoms with Crippen LogP contribution in [0.25, 0.3) is 0 Å². The highest BCUT2D eigenvalue weighted by molar-refractivity contribution is 5.91. The lowest BCUT2D eigenvalue weighted by Gasteiger charge is -2.12. The number of anilines is 1. The molecule has 0 radical (unpaired) electrons. The molecule has 0 atom stereocenters. The first-order valence-corrected chi connectivity index (χ1v) is 4.97. The van der Waals surface area contributed by atoms with Crippen LogP contribution in [0, 0.1) is 13.8 Å². The Morgan fingerprint density at radius 3 is 2.19 bits per heavy atom. The summed E-state index contributed by atoms with van der Waals surface area (Å²) >= 11 is 0. The molecule has 0 spiro atoms. The van der Waals surface area contributed by atoms with Gasteiger partial charge >= 0.3 is 5.97 Å². The summed E-state index contributed by atoms with van der Waals surface area (Å²) in [7, 11) is 0. The van der Waals surface area contributed by atoms with E-state index in [0.717, 1.165) is 11.1 Å². The van der Waals surface area contributed by atoms with Gasteiger partial charge in [-0.3, -0.25) is 9.59 Å². The van der Waals surface area contributed by atoms with Crippen molar-refractivity contribution in [2.24, 2.45) is 0 Å². The predicted octanol–water partition coefficient (Wildman–Crippen LogP) is 2.19. The van der Waals surface area contributed by atoms with Crippen molar-refractivity contribution in [2.45, 2.75) is 27.7 Å². The van der Waals surface area contributed by atoms with Crippen LogP contribution < -0.4 is 10.1 Å². The first-order chi connectivity index (χ1) is 7.40. The van der Waals surface area contributed by atoms with Crippen LogP contribution in [0.5, 0.6) is 5.75 Å². The third kappa shape index (κ3) is 3.08. The van der Waals surface area contributed by atoms with E-state index in [1.54, 1.807) is 12.1 Å². The van der Waals surface area contributed by atoms with Crippen molar-refractivity contribution in [3.05, 3.63) is 23.3 Å². The molecule has 4 nitrogen and oxygen atoms in total. The van der Waals surface area contributed by atoms with Crippen LogP contribution in [0.3, 0.4) is 0 Å². The van der Waals surface area contributed by atoms with E-state index in [0.29, 0.717) is 11.4 Å². The molecule has 0 saturated carbocycles. The maximum Gasteiger partial charge on any atom is 0.308 e. The highest BCUT2D eigenvalue weighted by Gasteiger charge is 2.09. The topological polar surface area (TPSA) is 55.4 Å². The third-order valence-electron chi connectivity index (χ3n) is 2.16.